The highest BCUT2D eigenvalue weighted by atomic mass is 32.2. The van der Waals surface area contributed by atoms with Gasteiger partial charge in [0.05, 0.1) is 12.3 Å². The third-order valence-electron chi connectivity index (χ3n) is 5.63. The smallest absolute Gasteiger partial charge is 0.330 e. The SMILES string of the molecule is C[C@H](C1CC1)N(CC(F)(F)F)C(=O)CSc1nnc(-c2ccncc2)n1Cc1ccccc1. The lowest BCUT2D eigenvalue weighted by Gasteiger charge is -2.30. The Morgan fingerprint density at radius 3 is 2.48 bits per heavy atom. The first kappa shape index (κ1) is 23.3. The van der Waals surface area contributed by atoms with Crippen LogP contribution in [0.25, 0.3) is 11.4 Å². The van der Waals surface area contributed by atoms with Gasteiger partial charge in [0.25, 0.3) is 0 Å². The zero-order chi connectivity index (χ0) is 23.4. The van der Waals surface area contributed by atoms with E-state index in [1.807, 2.05) is 47.0 Å². The molecule has 0 bridgehead atoms. The fourth-order valence-corrected chi connectivity index (χ4v) is 4.54. The Kier molecular flexibility index (Phi) is 7.02. The van der Waals surface area contributed by atoms with Crippen molar-refractivity contribution >= 4 is 17.7 Å². The summed E-state index contributed by atoms with van der Waals surface area (Å²) in [5.74, 6) is 0.0589. The van der Waals surface area contributed by atoms with Gasteiger partial charge in [-0.15, -0.1) is 10.2 Å². The van der Waals surface area contributed by atoms with Crippen molar-refractivity contribution in [2.75, 3.05) is 12.3 Å². The predicted octanol–water partition coefficient (Wildman–Crippen LogP) is 4.67. The standard InChI is InChI=1S/C23H24F3N5OS/c1-16(18-7-8-18)31(15-23(24,25)26)20(32)14-33-22-29-28-21(19-9-11-27-12-10-19)30(22)13-17-5-3-2-4-6-17/h2-6,9-12,16,18H,7-8,13-15H2,1H3/t16-/m1/s1. The third-order valence-corrected chi connectivity index (χ3v) is 6.58. The Bertz CT molecular complexity index is 1070. The van der Waals surface area contributed by atoms with Crippen LogP contribution in [0.3, 0.4) is 0 Å². The molecule has 0 spiro atoms. The quantitative estimate of drug-likeness (QED) is 0.421. The van der Waals surface area contributed by atoms with Crippen molar-refractivity contribution in [1.82, 2.24) is 24.6 Å². The van der Waals surface area contributed by atoms with Gasteiger partial charge in [-0.1, -0.05) is 42.1 Å². The molecule has 10 heteroatoms. The molecule has 2 aromatic heterocycles. The number of amides is 1. The van der Waals surface area contributed by atoms with Crippen LogP contribution in [-0.4, -0.2) is 55.1 Å². The van der Waals surface area contributed by atoms with Gasteiger partial charge in [-0.25, -0.2) is 0 Å². The van der Waals surface area contributed by atoms with Crippen molar-refractivity contribution in [2.24, 2.45) is 5.92 Å². The number of halogens is 3. The number of alkyl halides is 3. The molecule has 3 aromatic rings. The molecular formula is C23H24F3N5OS. The molecule has 1 saturated carbocycles. The molecule has 0 unspecified atom stereocenters. The number of carbonyl (C=O) groups is 1. The number of aromatic nitrogens is 4. The summed E-state index contributed by atoms with van der Waals surface area (Å²) < 4.78 is 41.3. The number of hydrogen-bond donors (Lipinski definition) is 0. The number of pyridine rings is 1. The van der Waals surface area contributed by atoms with E-state index in [-0.39, 0.29) is 11.7 Å². The van der Waals surface area contributed by atoms with Crippen molar-refractivity contribution in [3.8, 4) is 11.4 Å². The second kappa shape index (κ2) is 9.94. The zero-order valence-electron chi connectivity index (χ0n) is 18.1. The zero-order valence-corrected chi connectivity index (χ0v) is 18.9. The van der Waals surface area contributed by atoms with E-state index in [0.29, 0.717) is 17.5 Å². The van der Waals surface area contributed by atoms with Crippen LogP contribution in [0.15, 0.2) is 60.0 Å². The number of rotatable bonds is 9. The molecule has 0 aliphatic heterocycles. The summed E-state index contributed by atoms with van der Waals surface area (Å²) in [5, 5.41) is 9.02. The van der Waals surface area contributed by atoms with E-state index in [0.717, 1.165) is 40.6 Å². The van der Waals surface area contributed by atoms with Crippen LogP contribution in [0.4, 0.5) is 13.2 Å². The molecule has 2 heterocycles. The molecule has 0 saturated heterocycles. The van der Waals surface area contributed by atoms with Gasteiger partial charge in [-0.3, -0.25) is 14.3 Å². The summed E-state index contributed by atoms with van der Waals surface area (Å²) in [6.07, 6.45) is 0.585. The van der Waals surface area contributed by atoms with E-state index in [2.05, 4.69) is 15.2 Å². The van der Waals surface area contributed by atoms with E-state index < -0.39 is 24.7 Å². The maximum atomic E-state index is 13.1. The number of carbonyl (C=O) groups excluding carboxylic acids is 1. The van der Waals surface area contributed by atoms with Gasteiger partial charge in [-0.05, 0) is 43.4 Å². The van der Waals surface area contributed by atoms with Crippen molar-refractivity contribution in [1.29, 1.82) is 0 Å². The molecule has 1 fully saturated rings. The molecule has 1 aliphatic rings. The van der Waals surface area contributed by atoms with Crippen LogP contribution in [0.2, 0.25) is 0 Å². The Labute approximate surface area is 194 Å². The first-order valence-electron chi connectivity index (χ1n) is 10.7. The number of hydrogen-bond acceptors (Lipinski definition) is 5. The summed E-state index contributed by atoms with van der Waals surface area (Å²) in [5.41, 5.74) is 1.83. The minimum atomic E-state index is -4.44. The van der Waals surface area contributed by atoms with Gasteiger partial charge in [0.2, 0.25) is 5.91 Å². The second-order valence-electron chi connectivity index (χ2n) is 8.12. The maximum absolute atomic E-state index is 13.1. The summed E-state index contributed by atoms with van der Waals surface area (Å²) in [6, 6.07) is 12.9. The molecule has 1 aliphatic carbocycles. The summed E-state index contributed by atoms with van der Waals surface area (Å²) in [6.45, 7) is 0.932. The molecule has 174 valence electrons. The fraction of sp³-hybridized carbons (Fsp3) is 0.391. The lowest BCUT2D eigenvalue weighted by atomic mass is 10.2. The van der Waals surface area contributed by atoms with Gasteiger partial charge in [-0.2, -0.15) is 13.2 Å². The number of thioether (sulfide) groups is 1. The minimum absolute atomic E-state index is 0.140. The average molecular weight is 476 g/mol. The summed E-state index contributed by atoms with van der Waals surface area (Å²) >= 11 is 1.11. The highest BCUT2D eigenvalue weighted by Crippen LogP contribution is 2.36. The van der Waals surface area contributed by atoms with Crippen LogP contribution < -0.4 is 0 Å². The highest BCUT2D eigenvalue weighted by molar-refractivity contribution is 7.99. The Balaban J connectivity index is 1.55. The minimum Gasteiger partial charge on any atom is -0.330 e. The molecule has 0 N–H and O–H groups in total. The van der Waals surface area contributed by atoms with Crippen molar-refractivity contribution in [2.45, 2.75) is 43.7 Å². The van der Waals surface area contributed by atoms with Gasteiger partial charge in [0, 0.05) is 24.0 Å². The fourth-order valence-electron chi connectivity index (χ4n) is 3.71. The lowest BCUT2D eigenvalue weighted by molar-refractivity contribution is -0.164. The predicted molar refractivity (Wildman–Crippen MR) is 119 cm³/mol. The Hall–Kier alpha value is -2.88. The summed E-state index contributed by atoms with van der Waals surface area (Å²) in [4.78, 5) is 17.8. The molecule has 1 aromatic carbocycles. The molecule has 33 heavy (non-hydrogen) atoms. The molecule has 4 rings (SSSR count). The van der Waals surface area contributed by atoms with E-state index in [9.17, 15) is 18.0 Å². The first-order chi connectivity index (χ1) is 15.8. The average Bonchev–Trinajstić information content (AvgIpc) is 3.58. The van der Waals surface area contributed by atoms with Crippen LogP contribution >= 0.6 is 11.8 Å². The maximum Gasteiger partial charge on any atom is 0.406 e. The third kappa shape index (κ3) is 6.13. The first-order valence-corrected chi connectivity index (χ1v) is 11.7. The molecule has 1 atom stereocenters. The Morgan fingerprint density at radius 2 is 1.85 bits per heavy atom. The van der Waals surface area contributed by atoms with Crippen molar-refractivity contribution < 1.29 is 18.0 Å². The van der Waals surface area contributed by atoms with Crippen LogP contribution in [0, 0.1) is 5.92 Å². The summed E-state index contributed by atoms with van der Waals surface area (Å²) in [7, 11) is 0. The number of benzene rings is 1. The van der Waals surface area contributed by atoms with E-state index in [4.69, 9.17) is 0 Å². The monoisotopic (exact) mass is 475 g/mol. The van der Waals surface area contributed by atoms with E-state index in [1.165, 1.54) is 0 Å². The molecule has 6 nitrogen and oxygen atoms in total. The molecule has 1 amide bonds. The highest BCUT2D eigenvalue weighted by Gasteiger charge is 2.40. The lowest BCUT2D eigenvalue weighted by Crippen LogP contribution is -2.46. The molecular weight excluding hydrogens is 451 g/mol. The van der Waals surface area contributed by atoms with Crippen molar-refractivity contribution in [3.63, 3.8) is 0 Å². The second-order valence-corrected chi connectivity index (χ2v) is 9.06. The molecule has 0 radical (unpaired) electrons. The normalized spacial score (nSPS) is 14.8. The Morgan fingerprint density at radius 1 is 1.15 bits per heavy atom. The van der Waals surface area contributed by atoms with E-state index >= 15 is 0 Å². The largest absolute Gasteiger partial charge is 0.406 e. The topological polar surface area (TPSA) is 63.9 Å². The van der Waals surface area contributed by atoms with Crippen LogP contribution in [0.5, 0.6) is 0 Å². The van der Waals surface area contributed by atoms with Crippen molar-refractivity contribution in [3.05, 3.63) is 60.4 Å². The van der Waals surface area contributed by atoms with Gasteiger partial charge >= 0.3 is 6.18 Å². The van der Waals surface area contributed by atoms with Crippen LogP contribution in [0.1, 0.15) is 25.3 Å². The number of nitrogens with zero attached hydrogens (tertiary/aromatic N) is 5. The van der Waals surface area contributed by atoms with E-state index in [1.54, 1.807) is 19.3 Å². The van der Waals surface area contributed by atoms with Gasteiger partial charge < -0.3 is 4.90 Å². The van der Waals surface area contributed by atoms with Gasteiger partial charge in [0.15, 0.2) is 11.0 Å². The van der Waals surface area contributed by atoms with Crippen LogP contribution in [-0.2, 0) is 11.3 Å². The van der Waals surface area contributed by atoms with Gasteiger partial charge in [0.1, 0.15) is 6.54 Å².